The highest BCUT2D eigenvalue weighted by molar-refractivity contribution is 8.19. The molecule has 126 valence electrons. The van der Waals surface area contributed by atoms with E-state index in [1.54, 1.807) is 13.0 Å². The second-order valence-corrected chi connectivity index (χ2v) is 8.17. The van der Waals surface area contributed by atoms with Gasteiger partial charge in [0.15, 0.2) is 6.61 Å². The number of anilines is 1. The van der Waals surface area contributed by atoms with Crippen LogP contribution in [0, 0.1) is 12.7 Å². The van der Waals surface area contributed by atoms with Gasteiger partial charge in [0, 0.05) is 17.2 Å². The maximum Gasteiger partial charge on any atom is 0.262 e. The van der Waals surface area contributed by atoms with Crippen molar-refractivity contribution in [3.63, 3.8) is 0 Å². The second-order valence-electron chi connectivity index (χ2n) is 5.44. The number of hydrogen-bond donors (Lipinski definition) is 1. The van der Waals surface area contributed by atoms with E-state index in [9.17, 15) is 9.18 Å². The highest BCUT2D eigenvalue weighted by Crippen LogP contribution is 2.45. The largest absolute Gasteiger partial charge is 0.484 e. The van der Waals surface area contributed by atoms with Crippen LogP contribution in [0.2, 0.25) is 0 Å². The Hall–Kier alpha value is -1.66. The van der Waals surface area contributed by atoms with Crippen LogP contribution in [0.5, 0.6) is 5.75 Å². The van der Waals surface area contributed by atoms with Crippen LogP contribution >= 0.6 is 23.5 Å². The van der Waals surface area contributed by atoms with Crippen LogP contribution in [0.25, 0.3) is 0 Å². The zero-order valence-electron chi connectivity index (χ0n) is 13.3. The van der Waals surface area contributed by atoms with Crippen molar-refractivity contribution >= 4 is 35.1 Å². The summed E-state index contributed by atoms with van der Waals surface area (Å²) in [5.41, 5.74) is 2.33. The number of hydrogen-bond acceptors (Lipinski definition) is 4. The third-order valence-corrected chi connectivity index (χ3v) is 6.69. The van der Waals surface area contributed by atoms with Crippen molar-refractivity contribution in [2.24, 2.45) is 0 Å². The van der Waals surface area contributed by atoms with Gasteiger partial charge in [-0.3, -0.25) is 4.79 Å². The number of benzene rings is 2. The Morgan fingerprint density at radius 2 is 1.92 bits per heavy atom. The molecule has 1 saturated heterocycles. The zero-order valence-corrected chi connectivity index (χ0v) is 14.9. The first-order valence-corrected chi connectivity index (χ1v) is 9.73. The highest BCUT2D eigenvalue weighted by Gasteiger charge is 2.18. The number of aryl methyl sites for hydroxylation is 1. The third-order valence-electron chi connectivity index (χ3n) is 3.59. The molecule has 0 saturated carbocycles. The Labute approximate surface area is 149 Å². The van der Waals surface area contributed by atoms with Crippen LogP contribution in [0.4, 0.5) is 10.1 Å². The number of thioether (sulfide) groups is 2. The van der Waals surface area contributed by atoms with E-state index in [1.165, 1.54) is 29.2 Å². The fourth-order valence-corrected chi connectivity index (χ4v) is 5.20. The van der Waals surface area contributed by atoms with Crippen molar-refractivity contribution in [3.8, 4) is 5.75 Å². The van der Waals surface area contributed by atoms with Gasteiger partial charge in [-0.25, -0.2) is 4.39 Å². The van der Waals surface area contributed by atoms with Crippen molar-refractivity contribution in [2.75, 3.05) is 23.4 Å². The molecule has 0 atom stereocenters. The van der Waals surface area contributed by atoms with Crippen molar-refractivity contribution in [1.82, 2.24) is 0 Å². The second kappa shape index (κ2) is 7.94. The molecule has 0 radical (unpaired) electrons. The van der Waals surface area contributed by atoms with Gasteiger partial charge in [0.05, 0.1) is 4.58 Å². The minimum Gasteiger partial charge on any atom is -0.484 e. The number of halogens is 1. The maximum atomic E-state index is 13.2. The lowest BCUT2D eigenvalue weighted by Gasteiger charge is -2.11. The quantitative estimate of drug-likeness (QED) is 0.840. The summed E-state index contributed by atoms with van der Waals surface area (Å²) in [7, 11) is 0. The average molecular weight is 363 g/mol. The van der Waals surface area contributed by atoms with Crippen LogP contribution in [-0.4, -0.2) is 24.0 Å². The van der Waals surface area contributed by atoms with E-state index >= 15 is 0 Å². The van der Waals surface area contributed by atoms with E-state index in [1.807, 2.05) is 47.8 Å². The van der Waals surface area contributed by atoms with Crippen molar-refractivity contribution in [2.45, 2.75) is 11.5 Å². The molecule has 3 nitrogen and oxygen atoms in total. The summed E-state index contributed by atoms with van der Waals surface area (Å²) in [4.78, 5) is 11.9. The van der Waals surface area contributed by atoms with Gasteiger partial charge >= 0.3 is 0 Å². The Kier molecular flexibility index (Phi) is 5.68. The van der Waals surface area contributed by atoms with Gasteiger partial charge in [-0.2, -0.15) is 0 Å². The van der Waals surface area contributed by atoms with Crippen molar-refractivity contribution < 1.29 is 13.9 Å². The van der Waals surface area contributed by atoms with Crippen LogP contribution in [-0.2, 0) is 4.79 Å². The highest BCUT2D eigenvalue weighted by atomic mass is 32.2. The van der Waals surface area contributed by atoms with Gasteiger partial charge in [0.1, 0.15) is 11.6 Å². The minimum absolute atomic E-state index is 0.0807. The van der Waals surface area contributed by atoms with Gasteiger partial charge in [-0.05, 0) is 48.4 Å². The Bertz CT molecular complexity index is 715. The molecule has 24 heavy (non-hydrogen) atoms. The summed E-state index contributed by atoms with van der Waals surface area (Å²) in [6.45, 7) is 1.58. The monoisotopic (exact) mass is 363 g/mol. The Morgan fingerprint density at radius 3 is 2.58 bits per heavy atom. The number of nitrogens with one attached hydrogen (secondary N) is 1. The van der Waals surface area contributed by atoms with Gasteiger partial charge < -0.3 is 10.1 Å². The molecule has 1 aliphatic rings. The lowest BCUT2D eigenvalue weighted by Crippen LogP contribution is -2.20. The molecule has 1 heterocycles. The summed E-state index contributed by atoms with van der Waals surface area (Å²) < 4.78 is 19.2. The molecule has 1 N–H and O–H groups in total. The van der Waals surface area contributed by atoms with Crippen LogP contribution in [0.15, 0.2) is 42.5 Å². The smallest absolute Gasteiger partial charge is 0.262 e. The predicted molar refractivity (Wildman–Crippen MR) is 99.4 cm³/mol. The lowest BCUT2D eigenvalue weighted by molar-refractivity contribution is -0.118. The Balaban J connectivity index is 1.51. The summed E-state index contributed by atoms with van der Waals surface area (Å²) in [6, 6.07) is 12.3. The molecule has 3 rings (SSSR count). The molecule has 0 unspecified atom stereocenters. The van der Waals surface area contributed by atoms with Gasteiger partial charge in [-0.1, -0.05) is 12.1 Å². The topological polar surface area (TPSA) is 38.3 Å². The number of amides is 1. The molecule has 0 aromatic heterocycles. The number of carbonyl (C=O) groups is 1. The van der Waals surface area contributed by atoms with Crippen molar-refractivity contribution in [1.29, 1.82) is 0 Å². The van der Waals surface area contributed by atoms with Crippen LogP contribution < -0.4 is 10.1 Å². The first kappa shape index (κ1) is 17.2. The lowest BCUT2D eigenvalue weighted by atomic mass is 10.2. The van der Waals surface area contributed by atoms with E-state index < -0.39 is 0 Å². The van der Waals surface area contributed by atoms with Gasteiger partial charge in [-0.15, -0.1) is 23.5 Å². The first-order valence-electron chi connectivity index (χ1n) is 7.64. The molecular formula is C18H18FNO2S2. The zero-order chi connectivity index (χ0) is 16.9. The molecule has 2 aromatic rings. The summed E-state index contributed by atoms with van der Waals surface area (Å²) in [5.74, 6) is 2.49. The fraction of sp³-hybridized carbons (Fsp3) is 0.278. The summed E-state index contributed by atoms with van der Waals surface area (Å²) in [6.07, 6.45) is 0. The van der Waals surface area contributed by atoms with E-state index in [0.29, 0.717) is 21.6 Å². The number of carbonyl (C=O) groups excluding carboxylic acids is 1. The van der Waals surface area contributed by atoms with E-state index in [-0.39, 0.29) is 18.3 Å². The molecule has 1 aliphatic heterocycles. The van der Waals surface area contributed by atoms with E-state index in [0.717, 1.165) is 0 Å². The molecule has 0 aliphatic carbocycles. The van der Waals surface area contributed by atoms with Crippen LogP contribution in [0.3, 0.4) is 0 Å². The SMILES string of the molecule is Cc1cc(NC(=O)COc2ccc(C3SCCS3)cc2)ccc1F. The molecule has 6 heteroatoms. The Morgan fingerprint density at radius 1 is 1.21 bits per heavy atom. The summed E-state index contributed by atoms with van der Waals surface area (Å²) in [5, 5.41) is 2.70. The maximum absolute atomic E-state index is 13.2. The molecule has 0 bridgehead atoms. The fourth-order valence-electron chi connectivity index (χ4n) is 2.34. The number of ether oxygens (including phenoxy) is 1. The molecular weight excluding hydrogens is 345 g/mol. The third kappa shape index (κ3) is 4.45. The molecule has 0 spiro atoms. The van der Waals surface area contributed by atoms with Gasteiger partial charge in [0.2, 0.25) is 0 Å². The molecule has 1 amide bonds. The minimum atomic E-state index is -0.289. The molecule has 2 aromatic carbocycles. The number of rotatable bonds is 5. The molecule has 1 fully saturated rings. The predicted octanol–water partition coefficient (Wildman–Crippen LogP) is 4.63. The van der Waals surface area contributed by atoms with E-state index in [2.05, 4.69) is 5.32 Å². The average Bonchev–Trinajstić information content (AvgIpc) is 3.11. The van der Waals surface area contributed by atoms with Gasteiger partial charge in [0.25, 0.3) is 5.91 Å². The van der Waals surface area contributed by atoms with E-state index in [4.69, 9.17) is 4.74 Å². The summed E-state index contributed by atoms with van der Waals surface area (Å²) >= 11 is 3.91. The van der Waals surface area contributed by atoms with Crippen molar-refractivity contribution in [3.05, 3.63) is 59.4 Å². The first-order chi connectivity index (χ1) is 11.6. The van der Waals surface area contributed by atoms with Crippen LogP contribution in [0.1, 0.15) is 15.7 Å². The normalized spacial score (nSPS) is 14.6. The standard InChI is InChI=1S/C18H18FNO2S2/c1-12-10-14(4-7-16(12)19)20-17(21)11-22-15-5-2-13(3-6-15)18-23-8-9-24-18/h2-7,10,18H,8-9,11H2,1H3,(H,20,21).